The lowest BCUT2D eigenvalue weighted by molar-refractivity contribution is -0.394. The molecule has 0 aliphatic carbocycles. The van der Waals surface area contributed by atoms with Crippen LogP contribution in [0, 0.1) is 27.2 Å². The van der Waals surface area contributed by atoms with Gasteiger partial charge in [0.25, 0.3) is 11.4 Å². The molecule has 0 unspecified atom stereocenters. The zero-order valence-corrected chi connectivity index (χ0v) is 9.35. The number of benzene rings is 1. The van der Waals surface area contributed by atoms with Crippen molar-refractivity contribution >= 4 is 27.3 Å². The van der Waals surface area contributed by atoms with Crippen molar-refractivity contribution < 1.29 is 9.85 Å². The molecule has 0 amide bonds. The Kier molecular flexibility index (Phi) is 3.35. The molecular weight excluding hydrogens is 268 g/mol. The lowest BCUT2D eigenvalue weighted by atomic mass is 10.1. The van der Waals surface area contributed by atoms with Crippen LogP contribution in [0.5, 0.6) is 0 Å². The molecule has 0 saturated heterocycles. The molecule has 0 aromatic heterocycles. The summed E-state index contributed by atoms with van der Waals surface area (Å²) in [5, 5.41) is 21.5. The second kappa shape index (κ2) is 4.35. The fourth-order valence-corrected chi connectivity index (χ4v) is 1.76. The number of halogens is 1. The van der Waals surface area contributed by atoms with Crippen molar-refractivity contribution in [2.24, 2.45) is 0 Å². The zero-order valence-electron chi connectivity index (χ0n) is 7.77. The Labute approximate surface area is 93.3 Å². The molecule has 0 fully saturated rings. The quantitative estimate of drug-likeness (QED) is 0.482. The highest BCUT2D eigenvalue weighted by atomic mass is 79.9. The van der Waals surface area contributed by atoms with Gasteiger partial charge in [0, 0.05) is 17.0 Å². The summed E-state index contributed by atoms with van der Waals surface area (Å²) in [6.45, 7) is 1.57. The van der Waals surface area contributed by atoms with Gasteiger partial charge in [-0.25, -0.2) is 0 Å². The first kappa shape index (κ1) is 11.6. The summed E-state index contributed by atoms with van der Waals surface area (Å²) in [6, 6.07) is 2.30. The minimum absolute atomic E-state index is 0.223. The van der Waals surface area contributed by atoms with Crippen LogP contribution >= 0.6 is 15.9 Å². The molecule has 0 saturated carbocycles. The van der Waals surface area contributed by atoms with Crippen LogP contribution in [0.3, 0.4) is 0 Å². The second-order valence-electron chi connectivity index (χ2n) is 2.90. The van der Waals surface area contributed by atoms with Crippen LogP contribution in [0.2, 0.25) is 0 Å². The molecule has 1 aromatic rings. The maximum atomic E-state index is 10.6. The molecule has 0 bridgehead atoms. The Balaban J connectivity index is 3.45. The summed E-state index contributed by atoms with van der Waals surface area (Å²) in [7, 11) is 0. The Morgan fingerprint density at radius 2 is 1.87 bits per heavy atom. The fourth-order valence-electron chi connectivity index (χ4n) is 1.18. The molecule has 0 spiro atoms. The van der Waals surface area contributed by atoms with Crippen molar-refractivity contribution in [2.45, 2.75) is 12.3 Å². The van der Waals surface area contributed by atoms with E-state index in [9.17, 15) is 20.2 Å². The van der Waals surface area contributed by atoms with Gasteiger partial charge in [-0.3, -0.25) is 20.2 Å². The van der Waals surface area contributed by atoms with E-state index in [1.807, 2.05) is 0 Å². The van der Waals surface area contributed by atoms with E-state index in [0.717, 1.165) is 6.07 Å². The van der Waals surface area contributed by atoms with Crippen LogP contribution in [0.15, 0.2) is 12.1 Å². The van der Waals surface area contributed by atoms with Crippen molar-refractivity contribution in [1.82, 2.24) is 0 Å². The van der Waals surface area contributed by atoms with Gasteiger partial charge < -0.3 is 0 Å². The molecule has 0 N–H and O–H groups in total. The topological polar surface area (TPSA) is 86.3 Å². The summed E-state index contributed by atoms with van der Waals surface area (Å²) in [5.41, 5.74) is 0.513. The molecule has 0 aliphatic rings. The molecule has 0 aliphatic heterocycles. The Hall–Kier alpha value is -1.50. The third-order valence-corrected chi connectivity index (χ3v) is 2.63. The average molecular weight is 275 g/mol. The first-order valence-electron chi connectivity index (χ1n) is 3.95. The van der Waals surface area contributed by atoms with Gasteiger partial charge in [0.15, 0.2) is 0 Å². The summed E-state index contributed by atoms with van der Waals surface area (Å²) in [4.78, 5) is 19.9. The number of hydrogen-bond donors (Lipinski definition) is 0. The molecule has 15 heavy (non-hydrogen) atoms. The van der Waals surface area contributed by atoms with E-state index >= 15 is 0 Å². The van der Waals surface area contributed by atoms with Crippen molar-refractivity contribution in [3.8, 4) is 0 Å². The zero-order chi connectivity index (χ0) is 11.6. The number of nitro benzene ring substituents is 2. The van der Waals surface area contributed by atoms with Crippen LogP contribution in [0.25, 0.3) is 0 Å². The van der Waals surface area contributed by atoms with Gasteiger partial charge in [0.2, 0.25) is 0 Å². The maximum absolute atomic E-state index is 10.6. The molecule has 0 atom stereocenters. The SMILES string of the molecule is Cc1c(CBr)cc([N+](=O)[O-])cc1[N+](=O)[O-]. The lowest BCUT2D eigenvalue weighted by Gasteiger charge is -2.02. The van der Waals surface area contributed by atoms with Gasteiger partial charge >= 0.3 is 0 Å². The average Bonchev–Trinajstić information content (AvgIpc) is 2.17. The maximum Gasteiger partial charge on any atom is 0.279 e. The van der Waals surface area contributed by atoms with Crippen LogP contribution in [-0.2, 0) is 5.33 Å². The molecule has 0 heterocycles. The molecule has 0 radical (unpaired) electrons. The van der Waals surface area contributed by atoms with E-state index in [2.05, 4.69) is 15.9 Å². The third-order valence-electron chi connectivity index (χ3n) is 2.02. The predicted molar refractivity (Wildman–Crippen MR) is 57.1 cm³/mol. The van der Waals surface area contributed by atoms with Crippen molar-refractivity contribution in [3.05, 3.63) is 43.5 Å². The summed E-state index contributed by atoms with van der Waals surface area (Å²) < 4.78 is 0. The standard InChI is InChI=1S/C8H7BrN2O4/c1-5-6(4-9)2-7(10(12)13)3-8(5)11(14)15/h2-3H,4H2,1H3. The van der Waals surface area contributed by atoms with E-state index in [4.69, 9.17) is 0 Å². The van der Waals surface area contributed by atoms with Gasteiger partial charge in [-0.05, 0) is 12.5 Å². The Morgan fingerprint density at radius 1 is 1.27 bits per heavy atom. The third kappa shape index (κ3) is 2.30. The number of hydrogen-bond acceptors (Lipinski definition) is 4. The van der Waals surface area contributed by atoms with Crippen LogP contribution in [0.1, 0.15) is 11.1 Å². The largest absolute Gasteiger partial charge is 0.279 e. The lowest BCUT2D eigenvalue weighted by Crippen LogP contribution is -1.98. The Morgan fingerprint density at radius 3 is 2.27 bits per heavy atom. The minimum atomic E-state index is -0.640. The predicted octanol–water partition coefficient (Wildman–Crippen LogP) is 2.71. The van der Waals surface area contributed by atoms with Crippen molar-refractivity contribution in [2.75, 3.05) is 0 Å². The molecule has 80 valence electrons. The minimum Gasteiger partial charge on any atom is -0.258 e. The normalized spacial score (nSPS) is 10.0. The Bertz CT molecular complexity index is 433. The van der Waals surface area contributed by atoms with Gasteiger partial charge in [-0.15, -0.1) is 0 Å². The number of nitro groups is 2. The molecule has 1 aromatic carbocycles. The highest BCUT2D eigenvalue weighted by Gasteiger charge is 2.20. The number of non-ortho nitro benzene ring substituents is 1. The van der Waals surface area contributed by atoms with Crippen molar-refractivity contribution in [1.29, 1.82) is 0 Å². The van der Waals surface area contributed by atoms with Gasteiger partial charge in [-0.1, -0.05) is 15.9 Å². The van der Waals surface area contributed by atoms with Crippen LogP contribution in [0.4, 0.5) is 11.4 Å². The number of nitrogens with zero attached hydrogens (tertiary/aromatic N) is 2. The number of rotatable bonds is 3. The first-order valence-corrected chi connectivity index (χ1v) is 5.07. The number of alkyl halides is 1. The monoisotopic (exact) mass is 274 g/mol. The van der Waals surface area contributed by atoms with Crippen LogP contribution in [-0.4, -0.2) is 9.85 Å². The summed E-state index contributed by atoms with van der Waals surface area (Å²) in [5.74, 6) is 0. The van der Waals surface area contributed by atoms with E-state index in [1.54, 1.807) is 6.92 Å². The summed E-state index contributed by atoms with van der Waals surface area (Å²) >= 11 is 3.13. The molecular formula is C8H7BrN2O4. The van der Waals surface area contributed by atoms with Gasteiger partial charge in [0.1, 0.15) is 0 Å². The second-order valence-corrected chi connectivity index (χ2v) is 3.46. The van der Waals surface area contributed by atoms with E-state index in [-0.39, 0.29) is 11.4 Å². The molecule has 1 rings (SSSR count). The van der Waals surface area contributed by atoms with Gasteiger partial charge in [0.05, 0.1) is 15.9 Å². The van der Waals surface area contributed by atoms with Crippen LogP contribution < -0.4 is 0 Å². The first-order chi connectivity index (χ1) is 6.97. The molecule has 7 heteroatoms. The van der Waals surface area contributed by atoms with E-state index < -0.39 is 9.85 Å². The van der Waals surface area contributed by atoms with Crippen molar-refractivity contribution in [3.63, 3.8) is 0 Å². The van der Waals surface area contributed by atoms with E-state index in [1.165, 1.54) is 6.07 Å². The fraction of sp³-hybridized carbons (Fsp3) is 0.250. The highest BCUT2D eigenvalue weighted by Crippen LogP contribution is 2.28. The van der Waals surface area contributed by atoms with Gasteiger partial charge in [-0.2, -0.15) is 0 Å². The molecule has 6 nitrogen and oxygen atoms in total. The highest BCUT2D eigenvalue weighted by molar-refractivity contribution is 9.08. The summed E-state index contributed by atoms with van der Waals surface area (Å²) in [6.07, 6.45) is 0. The van der Waals surface area contributed by atoms with E-state index in [0.29, 0.717) is 16.5 Å². The smallest absolute Gasteiger partial charge is 0.258 e.